The van der Waals surface area contributed by atoms with Crippen LogP contribution in [0.1, 0.15) is 16.8 Å². The van der Waals surface area contributed by atoms with Crippen molar-refractivity contribution in [1.29, 1.82) is 0 Å². The molecule has 2 aromatic rings. The molecule has 2 N–H and O–H groups in total. The first kappa shape index (κ1) is 14.5. The summed E-state index contributed by atoms with van der Waals surface area (Å²) in [5.74, 6) is 0. The zero-order valence-electron chi connectivity index (χ0n) is 11.3. The molecule has 1 aromatic heterocycles. The van der Waals surface area contributed by atoms with Crippen LogP contribution in [0.4, 0.5) is 5.69 Å². The first-order valence-corrected chi connectivity index (χ1v) is 7.57. The van der Waals surface area contributed by atoms with Crippen molar-refractivity contribution >= 4 is 15.7 Å². The number of nitrogens with one attached hydrogen (secondary N) is 1. The minimum Gasteiger partial charge on any atom is -0.392 e. The second kappa shape index (κ2) is 5.60. The van der Waals surface area contributed by atoms with Crippen LogP contribution >= 0.6 is 0 Å². The van der Waals surface area contributed by atoms with Crippen LogP contribution in [0.3, 0.4) is 0 Å². The summed E-state index contributed by atoms with van der Waals surface area (Å²) >= 11 is 0. The van der Waals surface area contributed by atoms with E-state index < -0.39 is 10.0 Å². The average Bonchev–Trinajstić information content (AvgIpc) is 2.41. The monoisotopic (exact) mass is 292 g/mol. The molecule has 0 radical (unpaired) electrons. The van der Waals surface area contributed by atoms with Crippen molar-refractivity contribution in [2.45, 2.75) is 25.3 Å². The Labute approximate surface area is 118 Å². The fourth-order valence-corrected chi connectivity index (χ4v) is 3.19. The van der Waals surface area contributed by atoms with Gasteiger partial charge in [0.15, 0.2) is 0 Å². The molecule has 0 unspecified atom stereocenters. The van der Waals surface area contributed by atoms with Gasteiger partial charge in [-0.2, -0.15) is 0 Å². The van der Waals surface area contributed by atoms with E-state index in [1.165, 1.54) is 12.3 Å². The molecule has 0 bridgehead atoms. The Bertz CT molecular complexity index is 710. The van der Waals surface area contributed by atoms with Crippen LogP contribution in [-0.4, -0.2) is 18.5 Å². The highest BCUT2D eigenvalue weighted by Crippen LogP contribution is 2.21. The number of pyridine rings is 1. The topological polar surface area (TPSA) is 79.3 Å². The molecule has 0 aliphatic rings. The van der Waals surface area contributed by atoms with Crippen LogP contribution in [0, 0.1) is 13.8 Å². The average molecular weight is 292 g/mol. The molecule has 20 heavy (non-hydrogen) atoms. The largest absolute Gasteiger partial charge is 0.392 e. The Morgan fingerprint density at radius 1 is 1.20 bits per heavy atom. The van der Waals surface area contributed by atoms with Gasteiger partial charge in [0.05, 0.1) is 23.4 Å². The molecule has 0 aliphatic heterocycles. The number of benzene rings is 1. The minimum absolute atomic E-state index is 0.157. The van der Waals surface area contributed by atoms with Gasteiger partial charge in [-0.05, 0) is 43.2 Å². The molecule has 0 saturated heterocycles. The molecule has 106 valence electrons. The van der Waals surface area contributed by atoms with E-state index in [9.17, 15) is 13.5 Å². The van der Waals surface area contributed by atoms with Gasteiger partial charge in [-0.15, -0.1) is 0 Å². The van der Waals surface area contributed by atoms with Crippen LogP contribution in [-0.2, 0) is 16.6 Å². The quantitative estimate of drug-likeness (QED) is 0.903. The summed E-state index contributed by atoms with van der Waals surface area (Å²) in [7, 11) is -3.69. The minimum atomic E-state index is -3.69. The smallest absolute Gasteiger partial charge is 0.262 e. The lowest BCUT2D eigenvalue weighted by atomic mass is 10.1. The molecular weight excluding hydrogens is 276 g/mol. The van der Waals surface area contributed by atoms with Crippen molar-refractivity contribution in [3.8, 4) is 0 Å². The highest BCUT2D eigenvalue weighted by Gasteiger charge is 2.18. The maximum atomic E-state index is 12.4. The summed E-state index contributed by atoms with van der Waals surface area (Å²) in [6.45, 7) is 3.31. The zero-order valence-corrected chi connectivity index (χ0v) is 12.1. The van der Waals surface area contributed by atoms with E-state index >= 15 is 0 Å². The molecule has 0 amide bonds. The van der Waals surface area contributed by atoms with Gasteiger partial charge in [-0.3, -0.25) is 9.71 Å². The van der Waals surface area contributed by atoms with Crippen LogP contribution < -0.4 is 4.72 Å². The fraction of sp³-hybridized carbons (Fsp3) is 0.214. The second-order valence-corrected chi connectivity index (χ2v) is 6.14. The van der Waals surface area contributed by atoms with Gasteiger partial charge in [0.1, 0.15) is 0 Å². The van der Waals surface area contributed by atoms with Crippen molar-refractivity contribution in [1.82, 2.24) is 4.98 Å². The van der Waals surface area contributed by atoms with Gasteiger partial charge < -0.3 is 5.11 Å². The van der Waals surface area contributed by atoms with Crippen LogP contribution in [0.15, 0.2) is 41.4 Å². The molecule has 0 atom stereocenters. The molecule has 5 nitrogen and oxygen atoms in total. The lowest BCUT2D eigenvalue weighted by molar-refractivity contribution is 0.280. The number of nitrogens with zero attached hydrogens (tertiary/aromatic N) is 1. The molecule has 1 aromatic carbocycles. The van der Waals surface area contributed by atoms with Crippen LogP contribution in [0.5, 0.6) is 0 Å². The van der Waals surface area contributed by atoms with Crippen LogP contribution in [0.2, 0.25) is 0 Å². The summed E-state index contributed by atoms with van der Waals surface area (Å²) in [6.07, 6.45) is 1.47. The molecule has 2 rings (SSSR count). The fourth-order valence-electron chi connectivity index (χ4n) is 1.86. The van der Waals surface area contributed by atoms with E-state index in [4.69, 9.17) is 0 Å². The third kappa shape index (κ3) is 2.97. The Morgan fingerprint density at radius 2 is 1.95 bits per heavy atom. The highest BCUT2D eigenvalue weighted by molar-refractivity contribution is 7.92. The standard InChI is InChI=1S/C14H16N2O3S/c1-10-6-7-13(8-15-10)16-20(18,19)14-5-3-4-12(9-17)11(14)2/h3-8,16-17H,9H2,1-2H3. The van der Waals surface area contributed by atoms with E-state index in [1.54, 1.807) is 31.2 Å². The number of aliphatic hydroxyl groups is 1. The van der Waals surface area contributed by atoms with E-state index in [0.717, 1.165) is 5.69 Å². The van der Waals surface area contributed by atoms with Gasteiger partial charge in [-0.25, -0.2) is 8.42 Å². The maximum absolute atomic E-state index is 12.4. The van der Waals surface area contributed by atoms with Gasteiger partial charge in [-0.1, -0.05) is 12.1 Å². The first-order chi connectivity index (χ1) is 9.44. The third-order valence-electron chi connectivity index (χ3n) is 3.02. The number of anilines is 1. The normalized spacial score (nSPS) is 11.3. The molecule has 0 fully saturated rings. The first-order valence-electron chi connectivity index (χ1n) is 6.09. The Kier molecular flexibility index (Phi) is 4.06. The Balaban J connectivity index is 2.38. The third-order valence-corrected chi connectivity index (χ3v) is 4.55. The van der Waals surface area contributed by atoms with Crippen molar-refractivity contribution in [3.63, 3.8) is 0 Å². The van der Waals surface area contributed by atoms with Gasteiger partial charge in [0, 0.05) is 5.69 Å². The van der Waals surface area contributed by atoms with E-state index in [2.05, 4.69) is 9.71 Å². The van der Waals surface area contributed by atoms with Crippen molar-refractivity contribution < 1.29 is 13.5 Å². The predicted molar refractivity (Wildman–Crippen MR) is 76.9 cm³/mol. The van der Waals surface area contributed by atoms with Gasteiger partial charge in [0.25, 0.3) is 10.0 Å². The SMILES string of the molecule is Cc1ccc(NS(=O)(=O)c2cccc(CO)c2C)cn1. The van der Waals surface area contributed by atoms with E-state index in [0.29, 0.717) is 16.8 Å². The van der Waals surface area contributed by atoms with Crippen molar-refractivity contribution in [2.24, 2.45) is 0 Å². The molecular formula is C14H16N2O3S. The van der Waals surface area contributed by atoms with Gasteiger partial charge >= 0.3 is 0 Å². The zero-order chi connectivity index (χ0) is 14.8. The van der Waals surface area contributed by atoms with E-state index in [1.807, 2.05) is 6.92 Å². The number of rotatable bonds is 4. The number of hydrogen-bond acceptors (Lipinski definition) is 4. The predicted octanol–water partition coefficient (Wildman–Crippen LogP) is 1.99. The number of sulfonamides is 1. The summed E-state index contributed by atoms with van der Waals surface area (Å²) in [6, 6.07) is 8.21. The molecule has 0 saturated carbocycles. The lowest BCUT2D eigenvalue weighted by Gasteiger charge is -2.12. The van der Waals surface area contributed by atoms with Crippen molar-refractivity contribution in [3.05, 3.63) is 53.3 Å². The Morgan fingerprint density at radius 3 is 2.55 bits per heavy atom. The number of hydrogen-bond donors (Lipinski definition) is 2. The van der Waals surface area contributed by atoms with Crippen molar-refractivity contribution in [2.75, 3.05) is 4.72 Å². The highest BCUT2D eigenvalue weighted by atomic mass is 32.2. The lowest BCUT2D eigenvalue weighted by Crippen LogP contribution is -2.15. The molecule has 0 spiro atoms. The molecule has 0 aliphatic carbocycles. The second-order valence-electron chi connectivity index (χ2n) is 4.49. The Hall–Kier alpha value is -1.92. The number of aromatic nitrogens is 1. The maximum Gasteiger partial charge on any atom is 0.262 e. The summed E-state index contributed by atoms with van der Waals surface area (Å²) in [5, 5.41) is 9.20. The summed E-state index contributed by atoms with van der Waals surface area (Å²) in [4.78, 5) is 4.20. The van der Waals surface area contributed by atoms with E-state index in [-0.39, 0.29) is 11.5 Å². The molecule has 6 heteroatoms. The number of aliphatic hydroxyl groups excluding tert-OH is 1. The molecule has 1 heterocycles. The van der Waals surface area contributed by atoms with Gasteiger partial charge in [0.2, 0.25) is 0 Å². The number of aryl methyl sites for hydroxylation is 1. The summed E-state index contributed by atoms with van der Waals surface area (Å²) in [5.41, 5.74) is 2.35. The summed E-state index contributed by atoms with van der Waals surface area (Å²) < 4.78 is 27.2. The van der Waals surface area contributed by atoms with Crippen LogP contribution in [0.25, 0.3) is 0 Å².